The SMILES string of the molecule is CC(C)(C)OC(=O)N1CC(CC2CCNC2)C1. The summed E-state index contributed by atoms with van der Waals surface area (Å²) in [5, 5.41) is 3.39. The van der Waals surface area contributed by atoms with Gasteiger partial charge in [0.25, 0.3) is 0 Å². The zero-order chi connectivity index (χ0) is 12.5. The van der Waals surface area contributed by atoms with Crippen LogP contribution in [0, 0.1) is 11.8 Å². The van der Waals surface area contributed by atoms with Crippen LogP contribution in [0.25, 0.3) is 0 Å². The molecule has 17 heavy (non-hydrogen) atoms. The number of rotatable bonds is 2. The van der Waals surface area contributed by atoms with Crippen molar-refractivity contribution in [2.75, 3.05) is 26.2 Å². The number of amides is 1. The normalized spacial score (nSPS) is 25.8. The van der Waals surface area contributed by atoms with E-state index in [4.69, 9.17) is 4.74 Å². The second-order valence-corrected chi connectivity index (χ2v) is 6.35. The number of nitrogens with zero attached hydrogens (tertiary/aromatic N) is 1. The highest BCUT2D eigenvalue weighted by Gasteiger charge is 2.35. The molecule has 0 radical (unpaired) electrons. The van der Waals surface area contributed by atoms with Gasteiger partial charge in [-0.2, -0.15) is 0 Å². The fourth-order valence-electron chi connectivity index (χ4n) is 2.58. The maximum Gasteiger partial charge on any atom is 0.410 e. The molecule has 2 aliphatic heterocycles. The van der Waals surface area contributed by atoms with Crippen LogP contribution in [0.1, 0.15) is 33.6 Å². The molecular formula is C13H24N2O2. The predicted octanol–water partition coefficient (Wildman–Crippen LogP) is 1.85. The molecule has 2 aliphatic rings. The Bertz CT molecular complexity index is 274. The van der Waals surface area contributed by atoms with Crippen LogP contribution in [-0.2, 0) is 4.74 Å². The smallest absolute Gasteiger partial charge is 0.410 e. The molecule has 1 N–H and O–H groups in total. The Hall–Kier alpha value is -0.770. The van der Waals surface area contributed by atoms with Gasteiger partial charge in [0.15, 0.2) is 0 Å². The van der Waals surface area contributed by atoms with Gasteiger partial charge in [-0.3, -0.25) is 0 Å². The minimum atomic E-state index is -0.377. The molecule has 2 fully saturated rings. The van der Waals surface area contributed by atoms with Crippen LogP contribution in [0.3, 0.4) is 0 Å². The maximum absolute atomic E-state index is 11.7. The van der Waals surface area contributed by atoms with Crippen molar-refractivity contribution in [1.82, 2.24) is 10.2 Å². The number of carbonyl (C=O) groups excluding carboxylic acids is 1. The van der Waals surface area contributed by atoms with E-state index in [-0.39, 0.29) is 11.7 Å². The first-order valence-electron chi connectivity index (χ1n) is 6.63. The third-order valence-electron chi connectivity index (χ3n) is 3.44. The Balaban J connectivity index is 1.66. The lowest BCUT2D eigenvalue weighted by atomic mass is 9.88. The molecule has 2 heterocycles. The average Bonchev–Trinajstić information content (AvgIpc) is 2.59. The van der Waals surface area contributed by atoms with Crippen molar-refractivity contribution in [3.8, 4) is 0 Å². The first-order valence-corrected chi connectivity index (χ1v) is 6.63. The van der Waals surface area contributed by atoms with Gasteiger partial charge in [-0.25, -0.2) is 4.79 Å². The van der Waals surface area contributed by atoms with Crippen molar-refractivity contribution in [2.24, 2.45) is 11.8 Å². The Morgan fingerprint density at radius 2 is 2.06 bits per heavy atom. The van der Waals surface area contributed by atoms with Gasteiger partial charge in [0, 0.05) is 13.1 Å². The molecule has 0 aromatic heterocycles. The van der Waals surface area contributed by atoms with Crippen molar-refractivity contribution < 1.29 is 9.53 Å². The number of ether oxygens (including phenoxy) is 1. The Morgan fingerprint density at radius 1 is 1.35 bits per heavy atom. The summed E-state index contributed by atoms with van der Waals surface area (Å²) in [6.07, 6.45) is 2.40. The van der Waals surface area contributed by atoms with Crippen LogP contribution >= 0.6 is 0 Å². The van der Waals surface area contributed by atoms with Crippen LogP contribution in [0.2, 0.25) is 0 Å². The lowest BCUT2D eigenvalue weighted by molar-refractivity contribution is -0.00409. The average molecular weight is 240 g/mol. The van der Waals surface area contributed by atoms with Crippen LogP contribution in [0.5, 0.6) is 0 Å². The number of hydrogen-bond donors (Lipinski definition) is 1. The van der Waals surface area contributed by atoms with Gasteiger partial charge in [0.1, 0.15) is 5.60 Å². The van der Waals surface area contributed by atoms with E-state index in [1.165, 1.54) is 12.8 Å². The molecule has 4 nitrogen and oxygen atoms in total. The summed E-state index contributed by atoms with van der Waals surface area (Å²) < 4.78 is 5.33. The molecule has 0 spiro atoms. The van der Waals surface area contributed by atoms with E-state index in [2.05, 4.69) is 5.32 Å². The second-order valence-electron chi connectivity index (χ2n) is 6.35. The molecule has 0 aromatic carbocycles. The van der Waals surface area contributed by atoms with Crippen molar-refractivity contribution >= 4 is 6.09 Å². The van der Waals surface area contributed by atoms with Gasteiger partial charge in [0.2, 0.25) is 0 Å². The van der Waals surface area contributed by atoms with E-state index in [0.29, 0.717) is 5.92 Å². The molecule has 0 saturated carbocycles. The van der Waals surface area contributed by atoms with E-state index in [0.717, 1.165) is 32.1 Å². The molecule has 2 rings (SSSR count). The summed E-state index contributed by atoms with van der Waals surface area (Å²) in [5.41, 5.74) is -0.377. The summed E-state index contributed by atoms with van der Waals surface area (Å²) >= 11 is 0. The third-order valence-corrected chi connectivity index (χ3v) is 3.44. The molecule has 98 valence electrons. The first-order chi connectivity index (χ1) is 7.94. The summed E-state index contributed by atoms with van der Waals surface area (Å²) in [6, 6.07) is 0. The topological polar surface area (TPSA) is 41.6 Å². The Morgan fingerprint density at radius 3 is 2.59 bits per heavy atom. The van der Waals surface area contributed by atoms with E-state index in [9.17, 15) is 4.79 Å². The summed E-state index contributed by atoms with van der Waals surface area (Å²) in [4.78, 5) is 13.5. The standard InChI is InChI=1S/C13H24N2O2/c1-13(2,3)17-12(16)15-8-11(9-15)6-10-4-5-14-7-10/h10-11,14H,4-9H2,1-3H3. The first kappa shape index (κ1) is 12.7. The van der Waals surface area contributed by atoms with Crippen molar-refractivity contribution in [2.45, 2.75) is 39.2 Å². The second kappa shape index (κ2) is 4.84. The van der Waals surface area contributed by atoms with Crippen molar-refractivity contribution in [3.63, 3.8) is 0 Å². The monoisotopic (exact) mass is 240 g/mol. The van der Waals surface area contributed by atoms with Crippen molar-refractivity contribution in [1.29, 1.82) is 0 Å². The highest BCUT2D eigenvalue weighted by atomic mass is 16.6. The molecule has 1 unspecified atom stereocenters. The van der Waals surface area contributed by atoms with Gasteiger partial charge in [-0.1, -0.05) is 0 Å². The highest BCUT2D eigenvalue weighted by Crippen LogP contribution is 2.27. The predicted molar refractivity (Wildman–Crippen MR) is 66.9 cm³/mol. The molecule has 0 aliphatic carbocycles. The lowest BCUT2D eigenvalue weighted by Gasteiger charge is -2.40. The fraction of sp³-hybridized carbons (Fsp3) is 0.923. The molecule has 1 atom stereocenters. The fourth-order valence-corrected chi connectivity index (χ4v) is 2.58. The summed E-state index contributed by atoms with van der Waals surface area (Å²) in [6.45, 7) is 9.80. The van der Waals surface area contributed by atoms with Crippen molar-refractivity contribution in [3.05, 3.63) is 0 Å². The molecule has 0 aromatic rings. The molecule has 4 heteroatoms. The zero-order valence-corrected chi connectivity index (χ0v) is 11.2. The van der Waals surface area contributed by atoms with Crippen LogP contribution in [0.15, 0.2) is 0 Å². The van der Waals surface area contributed by atoms with E-state index < -0.39 is 0 Å². The van der Waals surface area contributed by atoms with Gasteiger partial charge in [-0.15, -0.1) is 0 Å². The summed E-state index contributed by atoms with van der Waals surface area (Å²) in [5.74, 6) is 1.51. The van der Waals surface area contributed by atoms with Gasteiger partial charge >= 0.3 is 6.09 Å². The molecular weight excluding hydrogens is 216 g/mol. The minimum absolute atomic E-state index is 0.154. The maximum atomic E-state index is 11.7. The Kier molecular flexibility index (Phi) is 3.61. The van der Waals surface area contributed by atoms with E-state index in [1.807, 2.05) is 25.7 Å². The summed E-state index contributed by atoms with van der Waals surface area (Å²) in [7, 11) is 0. The van der Waals surface area contributed by atoms with Gasteiger partial charge in [-0.05, 0) is 58.5 Å². The van der Waals surface area contributed by atoms with Crippen LogP contribution in [-0.4, -0.2) is 42.8 Å². The zero-order valence-electron chi connectivity index (χ0n) is 11.2. The molecule has 2 saturated heterocycles. The van der Waals surface area contributed by atoms with Gasteiger partial charge in [0.05, 0.1) is 0 Å². The Labute approximate surface area is 104 Å². The quantitative estimate of drug-likeness (QED) is 0.801. The number of likely N-dealkylation sites (tertiary alicyclic amines) is 1. The number of carbonyl (C=O) groups is 1. The van der Waals surface area contributed by atoms with Crippen LogP contribution < -0.4 is 5.32 Å². The number of nitrogens with one attached hydrogen (secondary N) is 1. The highest BCUT2D eigenvalue weighted by molar-refractivity contribution is 5.69. The van der Waals surface area contributed by atoms with Gasteiger partial charge < -0.3 is 15.0 Å². The van der Waals surface area contributed by atoms with Crippen LogP contribution in [0.4, 0.5) is 4.79 Å². The number of hydrogen-bond acceptors (Lipinski definition) is 3. The lowest BCUT2D eigenvalue weighted by Crippen LogP contribution is -2.52. The van der Waals surface area contributed by atoms with E-state index >= 15 is 0 Å². The molecule has 1 amide bonds. The largest absolute Gasteiger partial charge is 0.444 e. The third kappa shape index (κ3) is 3.60. The molecule has 0 bridgehead atoms. The van der Waals surface area contributed by atoms with E-state index in [1.54, 1.807) is 0 Å². The minimum Gasteiger partial charge on any atom is -0.444 e.